The van der Waals surface area contributed by atoms with Gasteiger partial charge in [-0.15, -0.1) is 0 Å². The molecule has 0 radical (unpaired) electrons. The van der Waals surface area contributed by atoms with E-state index >= 15 is 0 Å². The second kappa shape index (κ2) is 6.93. The smallest absolute Gasteiger partial charge is 0.337 e. The maximum Gasteiger partial charge on any atom is 0.337 e. The summed E-state index contributed by atoms with van der Waals surface area (Å²) in [4.78, 5) is 23.1. The van der Waals surface area contributed by atoms with Crippen molar-refractivity contribution in [2.45, 2.75) is 34.1 Å². The number of hydrogen-bond acceptors (Lipinski definition) is 2. The highest BCUT2D eigenvalue weighted by atomic mass is 16.4. The molecule has 1 aromatic rings. The summed E-state index contributed by atoms with van der Waals surface area (Å²) >= 11 is 0. The minimum absolute atomic E-state index is 0.112. The number of aromatic carboxylic acids is 1. The number of urea groups is 1. The summed E-state index contributed by atoms with van der Waals surface area (Å²) in [5, 5.41) is 14.6. The molecule has 0 saturated carbocycles. The predicted octanol–water partition coefficient (Wildman–Crippen LogP) is 3.17. The molecule has 1 atom stereocenters. The standard InChI is InChI=1S/C15H22N2O3/c1-5-9(2)8-16-15(20)17-13-11(4)6-10(3)7-12(13)14(18)19/h6-7,9H,5,8H2,1-4H3,(H,18,19)(H2,16,17,20). The molecule has 5 heteroatoms. The number of nitrogens with one attached hydrogen (secondary N) is 2. The van der Waals surface area contributed by atoms with Gasteiger partial charge in [0.05, 0.1) is 11.3 Å². The number of carboxylic acids is 1. The van der Waals surface area contributed by atoms with Gasteiger partial charge >= 0.3 is 12.0 Å². The van der Waals surface area contributed by atoms with Crippen LogP contribution in [0.4, 0.5) is 10.5 Å². The lowest BCUT2D eigenvalue weighted by molar-refractivity contribution is 0.0698. The predicted molar refractivity (Wildman–Crippen MR) is 79.4 cm³/mol. The summed E-state index contributed by atoms with van der Waals surface area (Å²) in [5.74, 6) is -0.659. The Bertz CT molecular complexity index is 512. The van der Waals surface area contributed by atoms with Gasteiger partial charge in [0, 0.05) is 6.54 Å². The molecule has 0 saturated heterocycles. The number of carbonyl (C=O) groups excluding carboxylic acids is 1. The van der Waals surface area contributed by atoms with Crippen LogP contribution in [0, 0.1) is 19.8 Å². The molecule has 1 rings (SSSR count). The minimum atomic E-state index is -1.05. The van der Waals surface area contributed by atoms with E-state index in [1.165, 1.54) is 0 Å². The average molecular weight is 278 g/mol. The van der Waals surface area contributed by atoms with Crippen molar-refractivity contribution in [2.75, 3.05) is 11.9 Å². The lowest BCUT2D eigenvalue weighted by Crippen LogP contribution is -2.33. The van der Waals surface area contributed by atoms with Crippen LogP contribution in [0.5, 0.6) is 0 Å². The molecule has 1 aromatic carbocycles. The Morgan fingerprint density at radius 2 is 1.95 bits per heavy atom. The Hall–Kier alpha value is -2.04. The number of carbonyl (C=O) groups is 2. The number of rotatable bonds is 5. The van der Waals surface area contributed by atoms with Crippen LogP contribution in [0.3, 0.4) is 0 Å². The first-order valence-corrected chi connectivity index (χ1v) is 6.74. The van der Waals surface area contributed by atoms with Gasteiger partial charge in [0.15, 0.2) is 0 Å². The molecule has 0 aliphatic heterocycles. The first-order chi connectivity index (χ1) is 9.35. The lowest BCUT2D eigenvalue weighted by atomic mass is 10.0. The third-order valence-corrected chi connectivity index (χ3v) is 3.26. The molecule has 20 heavy (non-hydrogen) atoms. The van der Waals surface area contributed by atoms with Gasteiger partial charge in [-0.05, 0) is 37.0 Å². The highest BCUT2D eigenvalue weighted by Crippen LogP contribution is 2.22. The van der Waals surface area contributed by atoms with Crippen molar-refractivity contribution in [1.29, 1.82) is 0 Å². The van der Waals surface area contributed by atoms with Crippen molar-refractivity contribution in [3.05, 3.63) is 28.8 Å². The maximum atomic E-state index is 11.8. The number of benzene rings is 1. The SMILES string of the molecule is CCC(C)CNC(=O)Nc1c(C)cc(C)cc1C(=O)O. The fourth-order valence-electron chi connectivity index (χ4n) is 1.87. The Balaban J connectivity index is 2.86. The van der Waals surface area contributed by atoms with Crippen molar-refractivity contribution in [3.8, 4) is 0 Å². The normalized spacial score (nSPS) is 11.8. The van der Waals surface area contributed by atoms with Gasteiger partial charge in [-0.2, -0.15) is 0 Å². The van der Waals surface area contributed by atoms with Crippen molar-refractivity contribution >= 4 is 17.7 Å². The molecule has 0 aliphatic rings. The van der Waals surface area contributed by atoms with E-state index in [-0.39, 0.29) is 11.6 Å². The van der Waals surface area contributed by atoms with E-state index in [0.29, 0.717) is 18.2 Å². The highest BCUT2D eigenvalue weighted by Gasteiger charge is 2.15. The summed E-state index contributed by atoms with van der Waals surface area (Å²) in [5.41, 5.74) is 2.05. The van der Waals surface area contributed by atoms with Gasteiger partial charge in [0.2, 0.25) is 0 Å². The summed E-state index contributed by atoms with van der Waals surface area (Å²) in [6.07, 6.45) is 0.976. The molecule has 0 spiro atoms. The molecular weight excluding hydrogens is 256 g/mol. The Morgan fingerprint density at radius 1 is 1.30 bits per heavy atom. The molecule has 1 unspecified atom stereocenters. The third-order valence-electron chi connectivity index (χ3n) is 3.26. The summed E-state index contributed by atoms with van der Waals surface area (Å²) in [6, 6.07) is 3.02. The fourth-order valence-corrected chi connectivity index (χ4v) is 1.87. The second-order valence-corrected chi connectivity index (χ2v) is 5.16. The first-order valence-electron chi connectivity index (χ1n) is 6.74. The van der Waals surface area contributed by atoms with Gasteiger partial charge in [-0.3, -0.25) is 0 Å². The van der Waals surface area contributed by atoms with Crippen LogP contribution in [-0.4, -0.2) is 23.7 Å². The monoisotopic (exact) mass is 278 g/mol. The molecule has 0 heterocycles. The zero-order valence-corrected chi connectivity index (χ0v) is 12.4. The van der Waals surface area contributed by atoms with Crippen LogP contribution < -0.4 is 10.6 Å². The Labute approximate surface area is 119 Å². The van der Waals surface area contributed by atoms with Crippen LogP contribution in [0.25, 0.3) is 0 Å². The summed E-state index contributed by atoms with van der Waals surface area (Å²) < 4.78 is 0. The van der Waals surface area contributed by atoms with E-state index in [4.69, 9.17) is 0 Å². The van der Waals surface area contributed by atoms with Gasteiger partial charge in [0.25, 0.3) is 0 Å². The summed E-state index contributed by atoms with van der Waals surface area (Å²) in [7, 11) is 0. The first kappa shape index (κ1) is 16.0. The van der Waals surface area contributed by atoms with Gasteiger partial charge < -0.3 is 15.7 Å². The molecule has 5 nitrogen and oxygen atoms in total. The molecule has 0 aliphatic carbocycles. The Kier molecular flexibility index (Phi) is 5.55. The van der Waals surface area contributed by atoms with Crippen LogP contribution >= 0.6 is 0 Å². The van der Waals surface area contributed by atoms with E-state index < -0.39 is 5.97 Å². The number of hydrogen-bond donors (Lipinski definition) is 3. The molecule has 3 N–H and O–H groups in total. The van der Waals surface area contributed by atoms with Crippen LogP contribution in [0.15, 0.2) is 12.1 Å². The van der Waals surface area contributed by atoms with E-state index in [9.17, 15) is 14.7 Å². The van der Waals surface area contributed by atoms with E-state index in [1.54, 1.807) is 13.0 Å². The maximum absolute atomic E-state index is 11.8. The number of carboxylic acid groups (broad SMARTS) is 1. The van der Waals surface area contributed by atoms with Crippen molar-refractivity contribution in [1.82, 2.24) is 5.32 Å². The molecule has 0 aromatic heterocycles. The largest absolute Gasteiger partial charge is 0.478 e. The number of aryl methyl sites for hydroxylation is 2. The molecular formula is C15H22N2O3. The van der Waals surface area contributed by atoms with E-state index in [2.05, 4.69) is 17.6 Å². The minimum Gasteiger partial charge on any atom is -0.478 e. The van der Waals surface area contributed by atoms with Gasteiger partial charge in [-0.25, -0.2) is 9.59 Å². The molecule has 0 fully saturated rings. The summed E-state index contributed by atoms with van der Waals surface area (Å²) in [6.45, 7) is 8.27. The van der Waals surface area contributed by atoms with Crippen molar-refractivity contribution in [3.63, 3.8) is 0 Å². The van der Waals surface area contributed by atoms with E-state index in [1.807, 2.05) is 19.9 Å². The van der Waals surface area contributed by atoms with E-state index in [0.717, 1.165) is 17.5 Å². The third kappa shape index (κ3) is 4.26. The average Bonchev–Trinajstić information content (AvgIpc) is 2.38. The van der Waals surface area contributed by atoms with Crippen LogP contribution in [-0.2, 0) is 0 Å². The topological polar surface area (TPSA) is 78.4 Å². The van der Waals surface area contributed by atoms with Gasteiger partial charge in [-0.1, -0.05) is 26.3 Å². The zero-order valence-electron chi connectivity index (χ0n) is 12.4. The highest BCUT2D eigenvalue weighted by molar-refractivity contribution is 6.01. The molecule has 2 amide bonds. The number of anilines is 1. The lowest BCUT2D eigenvalue weighted by Gasteiger charge is -2.15. The van der Waals surface area contributed by atoms with Crippen LogP contribution in [0.1, 0.15) is 41.8 Å². The number of amides is 2. The second-order valence-electron chi connectivity index (χ2n) is 5.16. The molecule has 0 bridgehead atoms. The van der Waals surface area contributed by atoms with Crippen molar-refractivity contribution < 1.29 is 14.7 Å². The fraction of sp³-hybridized carbons (Fsp3) is 0.467. The van der Waals surface area contributed by atoms with Crippen molar-refractivity contribution in [2.24, 2.45) is 5.92 Å². The Morgan fingerprint density at radius 3 is 2.50 bits per heavy atom. The van der Waals surface area contributed by atoms with Gasteiger partial charge in [0.1, 0.15) is 0 Å². The zero-order chi connectivity index (χ0) is 15.3. The quantitative estimate of drug-likeness (QED) is 0.774. The molecule has 110 valence electrons. The van der Waals surface area contributed by atoms with Crippen LogP contribution in [0.2, 0.25) is 0 Å².